The summed E-state index contributed by atoms with van der Waals surface area (Å²) in [6, 6.07) is 5.61. The molecule has 0 atom stereocenters. The summed E-state index contributed by atoms with van der Waals surface area (Å²) in [5.41, 5.74) is 0.541. The van der Waals surface area contributed by atoms with Crippen LogP contribution in [0.15, 0.2) is 24.3 Å². The normalized spacial score (nSPS) is 10.8. The quantitative estimate of drug-likeness (QED) is 0.581. The Labute approximate surface area is 95.3 Å². The van der Waals surface area contributed by atoms with Crippen molar-refractivity contribution < 1.29 is 9.18 Å². The van der Waals surface area contributed by atoms with Gasteiger partial charge in [-0.2, -0.15) is 0 Å². The Morgan fingerprint density at radius 2 is 1.94 bits per heavy atom. The Balaban J connectivity index is 2.32. The first-order chi connectivity index (χ1) is 7.59. The van der Waals surface area contributed by atoms with Crippen molar-refractivity contribution in [3.8, 4) is 0 Å². The summed E-state index contributed by atoms with van der Waals surface area (Å²) in [5.74, 6) is -0.337. The number of benzene rings is 1. The molecule has 0 heterocycles. The molecule has 0 aliphatic heterocycles. The van der Waals surface area contributed by atoms with E-state index in [0.29, 0.717) is 12.1 Å². The maximum absolute atomic E-state index is 12.6. The molecule has 0 bridgehead atoms. The third-order valence-corrected chi connectivity index (χ3v) is 2.19. The Bertz CT molecular complexity index is 335. The monoisotopic (exact) mass is 224 g/mol. The third kappa shape index (κ3) is 4.51. The van der Waals surface area contributed by atoms with Crippen molar-refractivity contribution in [3.63, 3.8) is 0 Å². The molecule has 16 heavy (non-hydrogen) atoms. The first kappa shape index (κ1) is 12.8. The molecule has 0 aliphatic carbocycles. The van der Waals surface area contributed by atoms with E-state index in [1.165, 1.54) is 24.3 Å². The molecule has 0 radical (unpaired) electrons. The second-order valence-electron chi connectivity index (χ2n) is 3.91. The van der Waals surface area contributed by atoms with Gasteiger partial charge in [-0.3, -0.25) is 4.79 Å². The van der Waals surface area contributed by atoms with Gasteiger partial charge in [0.05, 0.1) is 6.54 Å². The Kier molecular flexibility index (Phi) is 5.08. The van der Waals surface area contributed by atoms with Gasteiger partial charge in [0.25, 0.3) is 0 Å². The van der Waals surface area contributed by atoms with E-state index in [1.54, 1.807) is 0 Å². The number of carbonyl (C=O) groups excluding carboxylic acids is 1. The second kappa shape index (κ2) is 6.35. The maximum atomic E-state index is 12.6. The zero-order chi connectivity index (χ0) is 12.0. The number of rotatable bonds is 6. The van der Waals surface area contributed by atoms with E-state index in [9.17, 15) is 9.18 Å². The van der Waals surface area contributed by atoms with E-state index in [4.69, 9.17) is 0 Å². The molecule has 0 fully saturated rings. The molecule has 0 amide bonds. The summed E-state index contributed by atoms with van der Waals surface area (Å²) in [6.07, 6.45) is 0. The van der Waals surface area contributed by atoms with Gasteiger partial charge in [0.1, 0.15) is 5.82 Å². The predicted octanol–water partition coefficient (Wildman–Crippen LogP) is 1.16. The number of hydrogen-bond donors (Lipinski definition) is 1. The summed E-state index contributed by atoms with van der Waals surface area (Å²) in [6.45, 7) is 1.94. The van der Waals surface area contributed by atoms with Crippen LogP contribution in [0, 0.1) is 5.82 Å². The zero-order valence-electron chi connectivity index (χ0n) is 9.66. The first-order valence-electron chi connectivity index (χ1n) is 5.24. The number of hydrogen-bond acceptors (Lipinski definition) is 3. The largest absolute Gasteiger partial charge is 0.308 e. The smallest absolute Gasteiger partial charge is 0.176 e. The average molecular weight is 224 g/mol. The fourth-order valence-corrected chi connectivity index (χ4v) is 1.24. The van der Waals surface area contributed by atoms with Crippen molar-refractivity contribution in [2.24, 2.45) is 0 Å². The standard InChI is InChI=1S/C12H17FN2O/c1-15(2)8-7-14-9-12(16)10-3-5-11(13)6-4-10/h3-6,14H,7-9H2,1-2H3. The topological polar surface area (TPSA) is 32.3 Å². The van der Waals surface area contributed by atoms with Gasteiger partial charge in [-0.15, -0.1) is 0 Å². The predicted molar refractivity (Wildman–Crippen MR) is 62.2 cm³/mol. The van der Waals surface area contributed by atoms with Crippen LogP contribution in [0.25, 0.3) is 0 Å². The Morgan fingerprint density at radius 3 is 2.50 bits per heavy atom. The van der Waals surface area contributed by atoms with E-state index >= 15 is 0 Å². The highest BCUT2D eigenvalue weighted by atomic mass is 19.1. The van der Waals surface area contributed by atoms with Gasteiger partial charge in [0, 0.05) is 18.7 Å². The molecule has 1 rings (SSSR count). The minimum atomic E-state index is -0.322. The molecule has 0 saturated carbocycles. The van der Waals surface area contributed by atoms with Gasteiger partial charge >= 0.3 is 0 Å². The number of nitrogens with one attached hydrogen (secondary N) is 1. The van der Waals surface area contributed by atoms with E-state index in [0.717, 1.165) is 13.1 Å². The number of halogens is 1. The van der Waals surface area contributed by atoms with Crippen molar-refractivity contribution in [3.05, 3.63) is 35.6 Å². The van der Waals surface area contributed by atoms with Gasteiger partial charge in [-0.05, 0) is 38.4 Å². The maximum Gasteiger partial charge on any atom is 0.176 e. The number of ketones is 1. The summed E-state index contributed by atoms with van der Waals surface area (Å²) in [4.78, 5) is 13.6. The van der Waals surface area contributed by atoms with Crippen molar-refractivity contribution in [2.45, 2.75) is 0 Å². The van der Waals surface area contributed by atoms with Crippen LogP contribution in [-0.2, 0) is 0 Å². The second-order valence-corrected chi connectivity index (χ2v) is 3.91. The highest BCUT2D eigenvalue weighted by Gasteiger charge is 2.04. The minimum absolute atomic E-state index is 0.0150. The molecule has 4 heteroatoms. The third-order valence-electron chi connectivity index (χ3n) is 2.19. The molecule has 88 valence electrons. The lowest BCUT2D eigenvalue weighted by atomic mass is 10.1. The molecule has 0 saturated heterocycles. The van der Waals surface area contributed by atoms with Gasteiger partial charge in [0.15, 0.2) is 5.78 Å². The SMILES string of the molecule is CN(C)CCNCC(=O)c1ccc(F)cc1. The highest BCUT2D eigenvalue weighted by molar-refractivity contribution is 5.97. The molecule has 3 nitrogen and oxygen atoms in total. The molecule has 1 N–H and O–H groups in total. The molecular formula is C12H17FN2O. The van der Waals surface area contributed by atoms with E-state index < -0.39 is 0 Å². The number of likely N-dealkylation sites (N-methyl/N-ethyl adjacent to an activating group) is 1. The van der Waals surface area contributed by atoms with Gasteiger partial charge in [-0.25, -0.2) is 4.39 Å². The molecule has 1 aromatic rings. The molecular weight excluding hydrogens is 207 g/mol. The Hall–Kier alpha value is -1.26. The first-order valence-corrected chi connectivity index (χ1v) is 5.24. The Morgan fingerprint density at radius 1 is 1.31 bits per heavy atom. The van der Waals surface area contributed by atoms with E-state index in [-0.39, 0.29) is 11.6 Å². The summed E-state index contributed by atoms with van der Waals surface area (Å²) >= 11 is 0. The average Bonchev–Trinajstić information content (AvgIpc) is 2.25. The number of Topliss-reactive ketones (excluding diaryl/α,β-unsaturated/α-hetero) is 1. The molecule has 0 aromatic heterocycles. The van der Waals surface area contributed by atoms with Gasteiger partial charge < -0.3 is 10.2 Å². The van der Waals surface area contributed by atoms with Crippen LogP contribution < -0.4 is 5.32 Å². The van der Waals surface area contributed by atoms with Crippen molar-refractivity contribution in [1.29, 1.82) is 0 Å². The fourth-order valence-electron chi connectivity index (χ4n) is 1.24. The number of carbonyl (C=O) groups is 1. The molecule has 0 aliphatic rings. The van der Waals surface area contributed by atoms with Crippen LogP contribution in [-0.4, -0.2) is 44.4 Å². The van der Waals surface area contributed by atoms with Crippen LogP contribution in [0.2, 0.25) is 0 Å². The van der Waals surface area contributed by atoms with Gasteiger partial charge in [0.2, 0.25) is 0 Å². The summed E-state index contributed by atoms with van der Waals surface area (Å²) in [7, 11) is 3.95. The summed E-state index contributed by atoms with van der Waals surface area (Å²) < 4.78 is 12.6. The van der Waals surface area contributed by atoms with Crippen molar-refractivity contribution in [2.75, 3.05) is 33.7 Å². The van der Waals surface area contributed by atoms with E-state index in [1.807, 2.05) is 19.0 Å². The van der Waals surface area contributed by atoms with Crippen LogP contribution in [0.3, 0.4) is 0 Å². The van der Waals surface area contributed by atoms with Crippen LogP contribution in [0.4, 0.5) is 4.39 Å². The van der Waals surface area contributed by atoms with Crippen LogP contribution in [0.5, 0.6) is 0 Å². The minimum Gasteiger partial charge on any atom is -0.308 e. The van der Waals surface area contributed by atoms with Crippen molar-refractivity contribution >= 4 is 5.78 Å². The highest BCUT2D eigenvalue weighted by Crippen LogP contribution is 2.02. The number of nitrogens with zero attached hydrogens (tertiary/aromatic N) is 1. The summed E-state index contributed by atoms with van der Waals surface area (Å²) in [5, 5.41) is 3.04. The molecule has 0 unspecified atom stereocenters. The van der Waals surface area contributed by atoms with E-state index in [2.05, 4.69) is 5.32 Å². The van der Waals surface area contributed by atoms with Gasteiger partial charge in [-0.1, -0.05) is 0 Å². The molecule has 0 spiro atoms. The lowest BCUT2D eigenvalue weighted by Crippen LogP contribution is -2.30. The van der Waals surface area contributed by atoms with Crippen molar-refractivity contribution in [1.82, 2.24) is 10.2 Å². The zero-order valence-corrected chi connectivity index (χ0v) is 9.66. The molecule has 1 aromatic carbocycles. The van der Waals surface area contributed by atoms with Crippen LogP contribution in [0.1, 0.15) is 10.4 Å². The lowest BCUT2D eigenvalue weighted by Gasteiger charge is -2.09. The van der Waals surface area contributed by atoms with Crippen LogP contribution >= 0.6 is 0 Å². The fraction of sp³-hybridized carbons (Fsp3) is 0.417. The lowest BCUT2D eigenvalue weighted by molar-refractivity contribution is 0.0990.